The van der Waals surface area contributed by atoms with Gasteiger partial charge in [-0.2, -0.15) is 11.8 Å². The highest BCUT2D eigenvalue weighted by Gasteiger charge is 2.11. The number of hydrogen-bond acceptors (Lipinski definition) is 3. The zero-order chi connectivity index (χ0) is 11.4. The Morgan fingerprint density at radius 1 is 1.31 bits per heavy atom. The number of benzene rings is 1. The van der Waals surface area contributed by atoms with Crippen molar-refractivity contribution in [3.05, 3.63) is 29.6 Å². The van der Waals surface area contributed by atoms with Crippen LogP contribution in [-0.4, -0.2) is 29.5 Å². The molecule has 0 bridgehead atoms. The number of thioether (sulfide) groups is 1. The van der Waals surface area contributed by atoms with Crippen molar-refractivity contribution < 1.29 is 4.39 Å². The molecule has 0 saturated carbocycles. The van der Waals surface area contributed by atoms with Gasteiger partial charge in [-0.1, -0.05) is 6.07 Å². The molecule has 1 heterocycles. The third-order valence-electron chi connectivity index (χ3n) is 2.82. The molecule has 0 unspecified atom stereocenters. The second-order valence-electron chi connectivity index (χ2n) is 4.09. The maximum Gasteiger partial charge on any atom is 0.125 e. The lowest BCUT2D eigenvalue weighted by Gasteiger charge is -2.20. The molecule has 88 valence electrons. The molecule has 0 aliphatic carbocycles. The van der Waals surface area contributed by atoms with Gasteiger partial charge in [0.1, 0.15) is 5.82 Å². The van der Waals surface area contributed by atoms with E-state index >= 15 is 0 Å². The summed E-state index contributed by atoms with van der Waals surface area (Å²) >= 11 is 2.00. The first kappa shape index (κ1) is 11.7. The van der Waals surface area contributed by atoms with Gasteiger partial charge in [0, 0.05) is 24.5 Å². The molecule has 0 aromatic heterocycles. The molecule has 0 spiro atoms. The largest absolute Gasteiger partial charge is 0.398 e. The smallest absolute Gasteiger partial charge is 0.125 e. The first-order chi connectivity index (χ1) is 7.75. The minimum atomic E-state index is -0.257. The number of halogens is 1. The monoisotopic (exact) mass is 240 g/mol. The van der Waals surface area contributed by atoms with Crippen molar-refractivity contribution in [1.82, 2.24) is 4.90 Å². The van der Waals surface area contributed by atoms with Crippen LogP contribution in [0.25, 0.3) is 0 Å². The van der Waals surface area contributed by atoms with Crippen LogP contribution in [-0.2, 0) is 6.54 Å². The fraction of sp³-hybridized carbons (Fsp3) is 0.500. The molecule has 4 heteroatoms. The molecule has 16 heavy (non-hydrogen) atoms. The van der Waals surface area contributed by atoms with Gasteiger partial charge >= 0.3 is 0 Å². The maximum absolute atomic E-state index is 12.9. The maximum atomic E-state index is 12.9. The van der Waals surface area contributed by atoms with Gasteiger partial charge in [-0.15, -0.1) is 0 Å². The minimum absolute atomic E-state index is 0.257. The zero-order valence-electron chi connectivity index (χ0n) is 9.29. The summed E-state index contributed by atoms with van der Waals surface area (Å²) in [6.45, 7) is 3.05. The van der Waals surface area contributed by atoms with Gasteiger partial charge in [-0.05, 0) is 36.4 Å². The Labute approximate surface area is 100 Å². The van der Waals surface area contributed by atoms with Gasteiger partial charge < -0.3 is 5.73 Å². The van der Waals surface area contributed by atoms with Crippen molar-refractivity contribution in [2.45, 2.75) is 13.0 Å². The fourth-order valence-electron chi connectivity index (χ4n) is 1.91. The van der Waals surface area contributed by atoms with E-state index in [0.29, 0.717) is 5.69 Å². The Balaban J connectivity index is 2.01. The second-order valence-corrected chi connectivity index (χ2v) is 5.31. The van der Waals surface area contributed by atoms with Crippen LogP contribution >= 0.6 is 11.8 Å². The van der Waals surface area contributed by atoms with Crippen molar-refractivity contribution in [2.24, 2.45) is 0 Å². The number of nitrogen functional groups attached to an aromatic ring is 1. The van der Waals surface area contributed by atoms with E-state index in [2.05, 4.69) is 4.90 Å². The number of rotatable bonds is 2. The number of hydrogen-bond donors (Lipinski definition) is 1. The summed E-state index contributed by atoms with van der Waals surface area (Å²) < 4.78 is 12.9. The van der Waals surface area contributed by atoms with Crippen LogP contribution < -0.4 is 5.73 Å². The van der Waals surface area contributed by atoms with Crippen molar-refractivity contribution in [3.8, 4) is 0 Å². The standard InChI is InChI=1S/C12H17FN2S/c13-11-3-2-10(12(14)8-11)9-15-4-1-6-16-7-5-15/h2-3,8H,1,4-7,9,14H2. The molecule has 1 aliphatic rings. The van der Waals surface area contributed by atoms with E-state index in [9.17, 15) is 4.39 Å². The quantitative estimate of drug-likeness (QED) is 0.805. The molecule has 1 aliphatic heterocycles. The predicted octanol–water partition coefficient (Wildman–Crippen LogP) is 2.35. The zero-order valence-corrected chi connectivity index (χ0v) is 10.1. The van der Waals surface area contributed by atoms with E-state index in [4.69, 9.17) is 5.73 Å². The van der Waals surface area contributed by atoms with Crippen molar-refractivity contribution in [1.29, 1.82) is 0 Å². The van der Waals surface area contributed by atoms with E-state index < -0.39 is 0 Å². The van der Waals surface area contributed by atoms with Gasteiger partial charge in [0.15, 0.2) is 0 Å². The van der Waals surface area contributed by atoms with Crippen LogP contribution in [0.5, 0.6) is 0 Å². The first-order valence-electron chi connectivity index (χ1n) is 5.60. The molecule has 0 radical (unpaired) electrons. The average Bonchev–Trinajstić information content (AvgIpc) is 2.51. The molecule has 2 nitrogen and oxygen atoms in total. The molecule has 1 fully saturated rings. The Bertz CT molecular complexity index is 349. The van der Waals surface area contributed by atoms with Crippen molar-refractivity contribution in [3.63, 3.8) is 0 Å². The number of nitrogens with two attached hydrogens (primary N) is 1. The molecule has 1 aromatic rings. The highest BCUT2D eigenvalue weighted by atomic mass is 32.2. The lowest BCUT2D eigenvalue weighted by Crippen LogP contribution is -2.25. The van der Waals surface area contributed by atoms with Gasteiger partial charge in [-0.25, -0.2) is 4.39 Å². The lowest BCUT2D eigenvalue weighted by molar-refractivity contribution is 0.288. The average molecular weight is 240 g/mol. The van der Waals surface area contributed by atoms with Gasteiger partial charge in [0.2, 0.25) is 0 Å². The summed E-state index contributed by atoms with van der Waals surface area (Å²) in [6, 6.07) is 4.68. The van der Waals surface area contributed by atoms with Crippen LogP contribution in [0.3, 0.4) is 0 Å². The van der Waals surface area contributed by atoms with Crippen LogP contribution in [0, 0.1) is 5.82 Å². The third-order valence-corrected chi connectivity index (χ3v) is 3.87. The highest BCUT2D eigenvalue weighted by Crippen LogP contribution is 2.18. The second kappa shape index (κ2) is 5.55. The lowest BCUT2D eigenvalue weighted by atomic mass is 10.1. The molecule has 0 amide bonds. The highest BCUT2D eigenvalue weighted by molar-refractivity contribution is 7.99. The molecule has 2 rings (SSSR count). The molecular formula is C12H17FN2S. The van der Waals surface area contributed by atoms with Gasteiger partial charge in [0.25, 0.3) is 0 Å². The third kappa shape index (κ3) is 3.12. The summed E-state index contributed by atoms with van der Waals surface area (Å²) in [4.78, 5) is 2.39. The van der Waals surface area contributed by atoms with Crippen molar-refractivity contribution in [2.75, 3.05) is 30.3 Å². The Kier molecular flexibility index (Phi) is 4.07. The van der Waals surface area contributed by atoms with Crippen LogP contribution in [0.15, 0.2) is 18.2 Å². The van der Waals surface area contributed by atoms with Gasteiger partial charge in [-0.3, -0.25) is 4.90 Å². The molecule has 2 N–H and O–H groups in total. The number of anilines is 1. The van der Waals surface area contributed by atoms with Gasteiger partial charge in [0.05, 0.1) is 0 Å². The van der Waals surface area contributed by atoms with Crippen molar-refractivity contribution >= 4 is 17.4 Å². The van der Waals surface area contributed by atoms with E-state index in [1.165, 1.54) is 30.1 Å². The van der Waals surface area contributed by atoms with E-state index in [0.717, 1.165) is 25.2 Å². The fourth-order valence-corrected chi connectivity index (χ4v) is 2.83. The van der Waals surface area contributed by atoms with Crippen LogP contribution in [0.2, 0.25) is 0 Å². The summed E-state index contributed by atoms with van der Waals surface area (Å²) in [5, 5.41) is 0. The van der Waals surface area contributed by atoms with E-state index in [-0.39, 0.29) is 5.82 Å². The topological polar surface area (TPSA) is 29.3 Å². The summed E-state index contributed by atoms with van der Waals surface area (Å²) in [6.07, 6.45) is 1.23. The predicted molar refractivity (Wildman–Crippen MR) is 68.0 cm³/mol. The minimum Gasteiger partial charge on any atom is -0.398 e. The SMILES string of the molecule is Nc1cc(F)ccc1CN1CCCSCC1. The molecule has 1 saturated heterocycles. The van der Waals surface area contributed by atoms with E-state index in [1.54, 1.807) is 6.07 Å². The normalized spacial score (nSPS) is 18.3. The van der Waals surface area contributed by atoms with E-state index in [1.807, 2.05) is 11.8 Å². The summed E-state index contributed by atoms with van der Waals surface area (Å²) in [5.74, 6) is 2.17. The Morgan fingerprint density at radius 2 is 2.19 bits per heavy atom. The summed E-state index contributed by atoms with van der Waals surface area (Å²) in [5.41, 5.74) is 7.41. The molecular weight excluding hydrogens is 223 g/mol. The first-order valence-corrected chi connectivity index (χ1v) is 6.75. The molecule has 1 aromatic carbocycles. The van der Waals surface area contributed by atoms with Crippen LogP contribution in [0.1, 0.15) is 12.0 Å². The number of nitrogens with zero attached hydrogens (tertiary/aromatic N) is 1. The van der Waals surface area contributed by atoms with Crippen LogP contribution in [0.4, 0.5) is 10.1 Å². The molecule has 0 atom stereocenters. The summed E-state index contributed by atoms with van der Waals surface area (Å²) in [7, 11) is 0. The Morgan fingerprint density at radius 3 is 3.00 bits per heavy atom. The Hall–Kier alpha value is -0.740.